The largest absolute Gasteiger partial charge is 0.383 e. The zero-order chi connectivity index (χ0) is 15.0. The van der Waals surface area contributed by atoms with Crippen molar-refractivity contribution in [1.29, 1.82) is 0 Å². The predicted molar refractivity (Wildman–Crippen MR) is 76.1 cm³/mol. The molecule has 2 amide bonds. The third kappa shape index (κ3) is 3.14. The van der Waals surface area contributed by atoms with E-state index in [1.54, 1.807) is 12.0 Å². The van der Waals surface area contributed by atoms with Crippen LogP contribution < -0.4 is 5.32 Å². The molecule has 1 aliphatic heterocycles. The van der Waals surface area contributed by atoms with Gasteiger partial charge in [0.25, 0.3) is 0 Å². The molecule has 1 saturated heterocycles. The smallest absolute Gasteiger partial charge is 0.312 e. The van der Waals surface area contributed by atoms with Crippen LogP contribution in [0.15, 0.2) is 0 Å². The summed E-state index contributed by atoms with van der Waals surface area (Å²) in [6.45, 7) is 8.25. The highest BCUT2D eigenvalue weighted by Crippen LogP contribution is 2.52. The summed E-state index contributed by atoms with van der Waals surface area (Å²) in [6.07, 6.45) is 3.12. The highest BCUT2D eigenvalue weighted by atomic mass is 16.5. The third-order valence-corrected chi connectivity index (χ3v) is 4.46. The first-order valence-corrected chi connectivity index (χ1v) is 7.34. The average molecular weight is 282 g/mol. The zero-order valence-electron chi connectivity index (χ0n) is 13.0. The van der Waals surface area contributed by atoms with Gasteiger partial charge in [0.15, 0.2) is 0 Å². The van der Waals surface area contributed by atoms with Crippen molar-refractivity contribution in [2.75, 3.05) is 26.8 Å². The van der Waals surface area contributed by atoms with Crippen molar-refractivity contribution in [3.8, 4) is 0 Å². The molecule has 0 aromatic rings. The third-order valence-electron chi connectivity index (χ3n) is 4.46. The maximum Gasteiger partial charge on any atom is 0.312 e. The molecule has 2 rings (SSSR count). The van der Waals surface area contributed by atoms with Crippen LogP contribution in [0.3, 0.4) is 0 Å². The van der Waals surface area contributed by atoms with Crippen molar-refractivity contribution in [3.05, 3.63) is 0 Å². The molecule has 0 radical (unpaired) electrons. The lowest BCUT2D eigenvalue weighted by atomic mass is 9.65. The Kier molecular flexibility index (Phi) is 4.09. The molecule has 2 aliphatic rings. The molecule has 0 aromatic carbocycles. The minimum Gasteiger partial charge on any atom is -0.383 e. The van der Waals surface area contributed by atoms with Gasteiger partial charge in [-0.15, -0.1) is 0 Å². The van der Waals surface area contributed by atoms with Gasteiger partial charge < -0.3 is 15.0 Å². The van der Waals surface area contributed by atoms with Crippen molar-refractivity contribution in [3.63, 3.8) is 0 Å². The molecule has 0 aromatic heterocycles. The number of methoxy groups -OCH3 is 1. The quantitative estimate of drug-likeness (QED) is 0.624. The number of hydrogen-bond acceptors (Lipinski definition) is 3. The van der Waals surface area contributed by atoms with E-state index in [0.717, 1.165) is 19.3 Å². The number of carbonyl (C=O) groups excluding carboxylic acids is 2. The average Bonchev–Trinajstić information content (AvgIpc) is 2.57. The van der Waals surface area contributed by atoms with Gasteiger partial charge in [-0.05, 0) is 30.1 Å². The molecule has 2 atom stereocenters. The van der Waals surface area contributed by atoms with E-state index in [2.05, 4.69) is 26.1 Å². The lowest BCUT2D eigenvalue weighted by molar-refractivity contribution is -0.146. The van der Waals surface area contributed by atoms with Crippen LogP contribution in [0, 0.1) is 10.8 Å². The summed E-state index contributed by atoms with van der Waals surface area (Å²) >= 11 is 0. The molecule has 5 nitrogen and oxygen atoms in total. The van der Waals surface area contributed by atoms with Crippen LogP contribution >= 0.6 is 0 Å². The van der Waals surface area contributed by atoms with E-state index in [4.69, 9.17) is 4.74 Å². The zero-order valence-corrected chi connectivity index (χ0v) is 13.0. The molecule has 1 saturated carbocycles. The van der Waals surface area contributed by atoms with Crippen LogP contribution in [0.2, 0.25) is 0 Å². The van der Waals surface area contributed by atoms with Gasteiger partial charge in [-0.25, -0.2) is 0 Å². The minimum atomic E-state index is -0.504. The molecule has 1 aliphatic carbocycles. The number of nitrogens with one attached hydrogen (secondary N) is 1. The van der Waals surface area contributed by atoms with Gasteiger partial charge in [-0.1, -0.05) is 20.8 Å². The van der Waals surface area contributed by atoms with Gasteiger partial charge in [0.1, 0.15) is 0 Å². The summed E-state index contributed by atoms with van der Waals surface area (Å²) in [5.74, 6) is -0.886. The van der Waals surface area contributed by atoms with Gasteiger partial charge in [0.2, 0.25) is 0 Å². The van der Waals surface area contributed by atoms with Crippen molar-refractivity contribution >= 4 is 11.8 Å². The maximum atomic E-state index is 12.3. The van der Waals surface area contributed by atoms with Crippen LogP contribution in [0.1, 0.15) is 40.0 Å². The molecule has 114 valence electrons. The molecular weight excluding hydrogens is 256 g/mol. The summed E-state index contributed by atoms with van der Waals surface area (Å²) in [5.41, 5.74) is 0.411. The fourth-order valence-electron chi connectivity index (χ4n) is 4.17. The van der Waals surface area contributed by atoms with Crippen LogP contribution in [-0.4, -0.2) is 49.6 Å². The van der Waals surface area contributed by atoms with E-state index < -0.39 is 5.91 Å². The molecule has 2 unspecified atom stereocenters. The SMILES string of the molecule is COCCNC(=O)C(=O)N1CC2(C)CC1CC(C)(C)C2. The van der Waals surface area contributed by atoms with Crippen molar-refractivity contribution in [2.24, 2.45) is 10.8 Å². The first-order chi connectivity index (χ1) is 9.26. The number of fused-ring (bicyclic) bond motifs is 2. The Labute approximate surface area is 121 Å². The van der Waals surface area contributed by atoms with Gasteiger partial charge in [-0.2, -0.15) is 0 Å². The van der Waals surface area contributed by atoms with E-state index in [1.807, 2.05) is 0 Å². The molecule has 20 heavy (non-hydrogen) atoms. The number of hydrogen-bond donors (Lipinski definition) is 1. The Hall–Kier alpha value is -1.10. The van der Waals surface area contributed by atoms with Crippen LogP contribution in [0.5, 0.6) is 0 Å². The Morgan fingerprint density at radius 1 is 1.30 bits per heavy atom. The Bertz CT molecular complexity index is 408. The molecule has 1 N–H and O–H groups in total. The van der Waals surface area contributed by atoms with Gasteiger partial charge in [-0.3, -0.25) is 9.59 Å². The van der Waals surface area contributed by atoms with E-state index >= 15 is 0 Å². The van der Waals surface area contributed by atoms with Gasteiger partial charge >= 0.3 is 11.8 Å². The predicted octanol–water partition coefficient (Wildman–Crippen LogP) is 1.18. The van der Waals surface area contributed by atoms with E-state index in [-0.39, 0.29) is 22.8 Å². The van der Waals surface area contributed by atoms with Gasteiger partial charge in [0, 0.05) is 26.2 Å². The topological polar surface area (TPSA) is 58.6 Å². The molecular formula is C15H26N2O3. The van der Waals surface area contributed by atoms with Gasteiger partial charge in [0.05, 0.1) is 6.61 Å². The van der Waals surface area contributed by atoms with E-state index in [1.165, 1.54) is 0 Å². The molecule has 2 fully saturated rings. The number of carbonyl (C=O) groups is 2. The number of ether oxygens (including phenoxy) is 1. The first kappa shape index (κ1) is 15.3. The summed E-state index contributed by atoms with van der Waals surface area (Å²) < 4.78 is 4.87. The van der Waals surface area contributed by atoms with Crippen molar-refractivity contribution < 1.29 is 14.3 Å². The highest BCUT2D eigenvalue weighted by Gasteiger charge is 2.51. The maximum absolute atomic E-state index is 12.3. The van der Waals surface area contributed by atoms with E-state index in [0.29, 0.717) is 19.7 Å². The van der Waals surface area contributed by atoms with E-state index in [9.17, 15) is 9.59 Å². The second kappa shape index (κ2) is 5.35. The lowest BCUT2D eigenvalue weighted by Crippen LogP contribution is -2.46. The summed E-state index contributed by atoms with van der Waals surface area (Å²) in [4.78, 5) is 26.0. The lowest BCUT2D eigenvalue weighted by Gasteiger charge is -2.39. The summed E-state index contributed by atoms with van der Waals surface area (Å²) in [5, 5.41) is 2.62. The normalized spacial score (nSPS) is 31.2. The molecule has 1 heterocycles. The number of nitrogens with zero attached hydrogens (tertiary/aromatic N) is 1. The van der Waals surface area contributed by atoms with Crippen molar-refractivity contribution in [1.82, 2.24) is 10.2 Å². The highest BCUT2D eigenvalue weighted by molar-refractivity contribution is 6.35. The first-order valence-electron chi connectivity index (χ1n) is 7.34. The standard InChI is InChI=1S/C15H26N2O3/c1-14(2)7-11-8-15(3,9-14)10-17(11)13(19)12(18)16-5-6-20-4/h11H,5-10H2,1-4H3,(H,16,18). The summed E-state index contributed by atoms with van der Waals surface area (Å²) in [7, 11) is 1.57. The van der Waals surface area contributed by atoms with Crippen LogP contribution in [0.25, 0.3) is 0 Å². The summed E-state index contributed by atoms with van der Waals surface area (Å²) in [6, 6.07) is 0.212. The Balaban J connectivity index is 2.00. The number of likely N-dealkylation sites (tertiary alicyclic amines) is 1. The molecule has 2 bridgehead atoms. The Morgan fingerprint density at radius 3 is 2.65 bits per heavy atom. The minimum absolute atomic E-state index is 0.162. The number of amides is 2. The molecule has 5 heteroatoms. The monoisotopic (exact) mass is 282 g/mol. The second-order valence-electron chi connectivity index (χ2n) is 7.40. The molecule has 0 spiro atoms. The second-order valence-corrected chi connectivity index (χ2v) is 7.40. The van der Waals surface area contributed by atoms with Crippen LogP contribution in [0.4, 0.5) is 0 Å². The fourth-order valence-corrected chi connectivity index (χ4v) is 4.17. The number of rotatable bonds is 3. The Morgan fingerprint density at radius 2 is 2.00 bits per heavy atom. The fraction of sp³-hybridized carbons (Fsp3) is 0.867. The van der Waals surface area contributed by atoms with Crippen LogP contribution in [-0.2, 0) is 14.3 Å². The van der Waals surface area contributed by atoms with Crippen molar-refractivity contribution in [2.45, 2.75) is 46.1 Å².